The van der Waals surface area contributed by atoms with E-state index in [2.05, 4.69) is 33.0 Å². The van der Waals surface area contributed by atoms with E-state index in [0.29, 0.717) is 15.8 Å². The number of piperazine rings is 1. The Hall–Kier alpha value is -1.67. The first-order chi connectivity index (χ1) is 12.0. The number of likely N-dealkylation sites (N-methyl/N-ethyl adjacent to an activating group) is 1. The van der Waals surface area contributed by atoms with Crippen LogP contribution in [0.1, 0.15) is 22.3 Å². The zero-order valence-corrected chi connectivity index (χ0v) is 15.8. The van der Waals surface area contributed by atoms with Crippen LogP contribution < -0.4 is 0 Å². The molecule has 1 N–H and O–H groups in total. The molecule has 0 bridgehead atoms. The Labute approximate surface area is 155 Å². The summed E-state index contributed by atoms with van der Waals surface area (Å²) in [6.07, 6.45) is 0. The summed E-state index contributed by atoms with van der Waals surface area (Å²) in [6.45, 7) is 5.68. The van der Waals surface area contributed by atoms with Gasteiger partial charge >= 0.3 is 0 Å². The van der Waals surface area contributed by atoms with E-state index < -0.39 is 0 Å². The number of thiazole rings is 1. The minimum Gasteiger partial charge on any atom is -0.492 e. The van der Waals surface area contributed by atoms with Gasteiger partial charge in [0.15, 0.2) is 0 Å². The van der Waals surface area contributed by atoms with Gasteiger partial charge in [0.25, 0.3) is 0 Å². The van der Waals surface area contributed by atoms with Gasteiger partial charge in [-0.1, -0.05) is 35.1 Å². The average Bonchev–Trinajstić information content (AvgIpc) is 3.08. The number of nitrogens with zero attached hydrogens (tertiary/aromatic N) is 5. The lowest BCUT2D eigenvalue weighted by atomic mass is 10.0. The molecule has 0 aliphatic carbocycles. The number of halogens is 1. The summed E-state index contributed by atoms with van der Waals surface area (Å²) in [4.78, 5) is 10.7. The Bertz CT molecular complexity index is 900. The third-order valence-electron chi connectivity index (χ3n) is 4.62. The molecule has 1 saturated heterocycles. The molecule has 1 aliphatic rings. The first-order valence-corrected chi connectivity index (χ1v) is 9.45. The van der Waals surface area contributed by atoms with Crippen LogP contribution in [0.3, 0.4) is 0 Å². The summed E-state index contributed by atoms with van der Waals surface area (Å²) in [5.41, 5.74) is 1.08. The lowest BCUT2D eigenvalue weighted by Gasteiger charge is -2.37. The summed E-state index contributed by atoms with van der Waals surface area (Å²) in [7, 11) is 2.13. The number of benzene rings is 1. The van der Waals surface area contributed by atoms with E-state index in [1.54, 1.807) is 0 Å². The van der Waals surface area contributed by atoms with Crippen LogP contribution in [0, 0.1) is 6.92 Å². The first-order valence-electron chi connectivity index (χ1n) is 8.26. The third-order valence-corrected chi connectivity index (χ3v) is 5.93. The van der Waals surface area contributed by atoms with Crippen LogP contribution in [0.5, 0.6) is 5.88 Å². The molecule has 1 aromatic carbocycles. The maximum atomic E-state index is 10.8. The lowest BCUT2D eigenvalue weighted by molar-refractivity contribution is 0.127. The minimum atomic E-state index is -0.0544. The van der Waals surface area contributed by atoms with Crippen molar-refractivity contribution in [2.24, 2.45) is 0 Å². The van der Waals surface area contributed by atoms with Gasteiger partial charge < -0.3 is 10.0 Å². The molecular formula is C17H20ClN5OS. The lowest BCUT2D eigenvalue weighted by Crippen LogP contribution is -2.46. The van der Waals surface area contributed by atoms with Crippen LogP contribution in [-0.2, 0) is 0 Å². The zero-order chi connectivity index (χ0) is 17.6. The minimum absolute atomic E-state index is 0.0544. The molecule has 0 radical (unpaired) electrons. The molecule has 1 fully saturated rings. The van der Waals surface area contributed by atoms with E-state index in [-0.39, 0.29) is 11.9 Å². The predicted molar refractivity (Wildman–Crippen MR) is 99.6 cm³/mol. The van der Waals surface area contributed by atoms with E-state index in [1.165, 1.54) is 15.9 Å². The fourth-order valence-electron chi connectivity index (χ4n) is 3.31. The molecule has 8 heteroatoms. The maximum Gasteiger partial charge on any atom is 0.230 e. The first kappa shape index (κ1) is 16.8. The van der Waals surface area contributed by atoms with Crippen molar-refractivity contribution in [1.82, 2.24) is 24.4 Å². The number of hydrogen-bond donors (Lipinski definition) is 1. The van der Waals surface area contributed by atoms with E-state index >= 15 is 0 Å². The van der Waals surface area contributed by atoms with Crippen LogP contribution in [0.4, 0.5) is 0 Å². The highest BCUT2D eigenvalue weighted by molar-refractivity contribution is 7.17. The number of aromatic nitrogens is 3. The molecule has 25 heavy (non-hydrogen) atoms. The monoisotopic (exact) mass is 377 g/mol. The molecule has 2 aromatic heterocycles. The van der Waals surface area contributed by atoms with Gasteiger partial charge in [-0.15, -0.1) is 5.10 Å². The molecule has 0 spiro atoms. The molecule has 3 heterocycles. The molecule has 1 atom stereocenters. The SMILES string of the molecule is Cc1nc2sc([C@@H](c3cccc(Cl)c3)N3CCN(C)CC3)c(O)n2n1. The second-order valence-corrected chi connectivity index (χ2v) is 7.89. The van der Waals surface area contributed by atoms with Gasteiger partial charge in [-0.3, -0.25) is 4.90 Å². The number of hydrogen-bond acceptors (Lipinski definition) is 6. The molecule has 1 aliphatic heterocycles. The molecule has 0 amide bonds. The number of rotatable bonds is 3. The molecule has 4 rings (SSSR count). The molecule has 0 saturated carbocycles. The van der Waals surface area contributed by atoms with Gasteiger partial charge in [0, 0.05) is 31.2 Å². The Kier molecular flexibility index (Phi) is 4.41. The van der Waals surface area contributed by atoms with Crippen LogP contribution >= 0.6 is 22.9 Å². The third kappa shape index (κ3) is 3.13. The molecule has 0 unspecified atom stereocenters. The van der Waals surface area contributed by atoms with Gasteiger partial charge in [-0.25, -0.2) is 4.98 Å². The number of aromatic hydroxyl groups is 1. The normalized spacial score (nSPS) is 18.0. The summed E-state index contributed by atoms with van der Waals surface area (Å²) >= 11 is 7.73. The Morgan fingerprint density at radius 3 is 2.68 bits per heavy atom. The number of aryl methyl sites for hydroxylation is 1. The van der Waals surface area contributed by atoms with Crippen molar-refractivity contribution in [3.05, 3.63) is 45.6 Å². The quantitative estimate of drug-likeness (QED) is 0.760. The summed E-state index contributed by atoms with van der Waals surface area (Å²) < 4.78 is 1.53. The molecule has 132 valence electrons. The van der Waals surface area contributed by atoms with Gasteiger partial charge in [0.2, 0.25) is 10.8 Å². The summed E-state index contributed by atoms with van der Waals surface area (Å²) in [6, 6.07) is 7.82. The van der Waals surface area contributed by atoms with Crippen molar-refractivity contribution in [3.8, 4) is 5.88 Å². The second kappa shape index (κ2) is 6.57. The highest BCUT2D eigenvalue weighted by Crippen LogP contribution is 2.40. The Balaban J connectivity index is 1.81. The number of fused-ring (bicyclic) bond motifs is 1. The largest absolute Gasteiger partial charge is 0.492 e. The van der Waals surface area contributed by atoms with E-state index in [1.807, 2.05) is 25.1 Å². The van der Waals surface area contributed by atoms with E-state index in [4.69, 9.17) is 11.6 Å². The smallest absolute Gasteiger partial charge is 0.230 e. The van der Waals surface area contributed by atoms with Crippen molar-refractivity contribution >= 4 is 27.9 Å². The van der Waals surface area contributed by atoms with Crippen LogP contribution in [0.25, 0.3) is 4.96 Å². The van der Waals surface area contributed by atoms with Crippen molar-refractivity contribution in [3.63, 3.8) is 0 Å². The van der Waals surface area contributed by atoms with Crippen molar-refractivity contribution < 1.29 is 5.11 Å². The average molecular weight is 378 g/mol. The molecular weight excluding hydrogens is 358 g/mol. The zero-order valence-electron chi connectivity index (χ0n) is 14.2. The van der Waals surface area contributed by atoms with Gasteiger partial charge in [-0.2, -0.15) is 4.52 Å². The van der Waals surface area contributed by atoms with Gasteiger partial charge in [0.05, 0.1) is 10.9 Å². The highest BCUT2D eigenvalue weighted by Gasteiger charge is 2.31. The van der Waals surface area contributed by atoms with Crippen LogP contribution in [0.15, 0.2) is 24.3 Å². The Morgan fingerprint density at radius 2 is 2.00 bits per heavy atom. The van der Waals surface area contributed by atoms with Crippen LogP contribution in [-0.4, -0.2) is 62.7 Å². The topological polar surface area (TPSA) is 56.9 Å². The summed E-state index contributed by atoms with van der Waals surface area (Å²) in [5, 5.41) is 15.8. The van der Waals surface area contributed by atoms with Crippen molar-refractivity contribution in [2.45, 2.75) is 13.0 Å². The Morgan fingerprint density at radius 1 is 1.24 bits per heavy atom. The fraction of sp³-hybridized carbons (Fsp3) is 0.412. The van der Waals surface area contributed by atoms with Gasteiger partial charge in [-0.05, 0) is 31.7 Å². The van der Waals surface area contributed by atoms with Crippen LogP contribution in [0.2, 0.25) is 5.02 Å². The van der Waals surface area contributed by atoms with Gasteiger partial charge in [0.1, 0.15) is 5.82 Å². The van der Waals surface area contributed by atoms with E-state index in [9.17, 15) is 5.11 Å². The van der Waals surface area contributed by atoms with Crippen molar-refractivity contribution in [2.75, 3.05) is 33.2 Å². The maximum absolute atomic E-state index is 10.8. The van der Waals surface area contributed by atoms with Crippen molar-refractivity contribution in [1.29, 1.82) is 0 Å². The van der Waals surface area contributed by atoms with E-state index in [0.717, 1.165) is 36.6 Å². The second-order valence-electron chi connectivity index (χ2n) is 6.44. The molecule has 6 nitrogen and oxygen atoms in total. The fourth-order valence-corrected chi connectivity index (χ4v) is 4.67. The molecule has 3 aromatic rings. The highest BCUT2D eigenvalue weighted by atomic mass is 35.5. The predicted octanol–water partition coefficient (Wildman–Crippen LogP) is 2.80. The standard InChI is InChI=1S/C17H20ClN5OS/c1-11-19-17-23(20-11)16(24)15(25-17)14(12-4-3-5-13(18)10-12)22-8-6-21(2)7-9-22/h3-5,10,14,24H,6-9H2,1-2H3/t14-/m1/s1. The summed E-state index contributed by atoms with van der Waals surface area (Å²) in [5.74, 6) is 0.830.